The number of hydrogen-bond acceptors (Lipinski definition) is 4. The van der Waals surface area contributed by atoms with Gasteiger partial charge >= 0.3 is 0 Å². The van der Waals surface area contributed by atoms with Crippen molar-refractivity contribution in [1.29, 1.82) is 0 Å². The van der Waals surface area contributed by atoms with E-state index in [0.29, 0.717) is 0 Å². The van der Waals surface area contributed by atoms with Crippen molar-refractivity contribution in [1.82, 2.24) is 5.32 Å². The van der Waals surface area contributed by atoms with Gasteiger partial charge in [-0.1, -0.05) is 26.7 Å². The smallest absolute Gasteiger partial charge is 0.250 e. The predicted octanol–water partition coefficient (Wildman–Crippen LogP) is -0.127. The number of methoxy groups -OCH3 is 1. The highest BCUT2D eigenvalue weighted by molar-refractivity contribution is 5.80. The summed E-state index contributed by atoms with van der Waals surface area (Å²) in [5.74, 6) is -0.0471. The van der Waals surface area contributed by atoms with Crippen LogP contribution in [0.15, 0.2) is 0 Å². The maximum atomic E-state index is 11.5. The largest absolute Gasteiger partial charge is 0.391 e. The van der Waals surface area contributed by atoms with Crippen molar-refractivity contribution in [2.75, 3.05) is 20.2 Å². The Morgan fingerprint density at radius 2 is 2.00 bits per heavy atom. The van der Waals surface area contributed by atoms with E-state index in [-0.39, 0.29) is 24.9 Å². The minimum absolute atomic E-state index is 0.142. The fourth-order valence-electron chi connectivity index (χ4n) is 1.63. The van der Waals surface area contributed by atoms with Crippen LogP contribution in [0.1, 0.15) is 26.7 Å². The molecule has 0 saturated heterocycles. The summed E-state index contributed by atoms with van der Waals surface area (Å²) >= 11 is 0. The molecule has 2 unspecified atom stereocenters. The topological polar surface area (TPSA) is 84.6 Å². The van der Waals surface area contributed by atoms with Crippen LogP contribution < -0.4 is 11.1 Å². The Kier molecular flexibility index (Phi) is 8.15. The molecule has 1 amide bonds. The summed E-state index contributed by atoms with van der Waals surface area (Å²) in [5, 5.41) is 12.4. The van der Waals surface area contributed by atoms with Crippen LogP contribution in [0, 0.1) is 5.92 Å². The molecule has 0 rings (SSSR count). The first-order chi connectivity index (χ1) is 7.60. The molecule has 0 heterocycles. The molecule has 0 fully saturated rings. The Morgan fingerprint density at radius 3 is 2.38 bits per heavy atom. The number of rotatable bonds is 8. The number of hydrogen-bond donors (Lipinski definition) is 3. The van der Waals surface area contributed by atoms with Gasteiger partial charge in [0.2, 0.25) is 0 Å². The number of carbonyl (C=O) groups excluding carboxylic acids is 1. The molecule has 5 nitrogen and oxygen atoms in total. The van der Waals surface area contributed by atoms with E-state index in [1.807, 2.05) is 13.8 Å². The number of carbonyl (C=O) groups is 1. The third-order valence-corrected chi connectivity index (χ3v) is 2.87. The highest BCUT2D eigenvalue weighted by Gasteiger charge is 2.19. The van der Waals surface area contributed by atoms with Crippen molar-refractivity contribution in [2.45, 2.75) is 38.9 Å². The number of nitrogens with two attached hydrogens (primary N) is 1. The van der Waals surface area contributed by atoms with Crippen molar-refractivity contribution in [2.24, 2.45) is 11.7 Å². The van der Waals surface area contributed by atoms with Gasteiger partial charge in [0.25, 0.3) is 5.91 Å². The van der Waals surface area contributed by atoms with Gasteiger partial charge in [0.05, 0.1) is 6.10 Å². The van der Waals surface area contributed by atoms with Crippen LogP contribution in [0.3, 0.4) is 0 Å². The van der Waals surface area contributed by atoms with E-state index in [1.165, 1.54) is 7.11 Å². The highest BCUT2D eigenvalue weighted by atomic mass is 16.5. The zero-order valence-electron chi connectivity index (χ0n) is 10.4. The number of ether oxygens (including phenoxy) is 1. The van der Waals surface area contributed by atoms with Gasteiger partial charge in [-0.05, 0) is 5.92 Å². The number of aliphatic hydroxyl groups excluding tert-OH is 1. The van der Waals surface area contributed by atoms with Crippen LogP contribution in [0.2, 0.25) is 0 Å². The first-order valence-corrected chi connectivity index (χ1v) is 5.79. The average Bonchev–Trinajstić information content (AvgIpc) is 2.29. The normalized spacial score (nSPS) is 14.9. The van der Waals surface area contributed by atoms with Gasteiger partial charge in [-0.2, -0.15) is 0 Å². The first-order valence-electron chi connectivity index (χ1n) is 5.79. The second kappa shape index (κ2) is 8.50. The van der Waals surface area contributed by atoms with Gasteiger partial charge in [-0.3, -0.25) is 4.79 Å². The number of aliphatic hydroxyl groups is 1. The van der Waals surface area contributed by atoms with Crippen LogP contribution in [0.5, 0.6) is 0 Å². The van der Waals surface area contributed by atoms with Gasteiger partial charge in [-0.15, -0.1) is 0 Å². The van der Waals surface area contributed by atoms with Crippen molar-refractivity contribution in [3.63, 3.8) is 0 Å². The third-order valence-electron chi connectivity index (χ3n) is 2.87. The zero-order valence-corrected chi connectivity index (χ0v) is 10.4. The molecule has 0 aromatic rings. The maximum absolute atomic E-state index is 11.5. The van der Waals surface area contributed by atoms with Gasteiger partial charge in [0.15, 0.2) is 0 Å². The summed E-state index contributed by atoms with van der Waals surface area (Å²) < 4.78 is 4.89. The van der Waals surface area contributed by atoms with Crippen molar-refractivity contribution < 1.29 is 14.6 Å². The summed E-state index contributed by atoms with van der Waals surface area (Å²) in [6.45, 7) is 4.45. The molecule has 0 bridgehead atoms. The Labute approximate surface area is 97.3 Å². The molecular formula is C11H24N2O3. The number of amides is 1. The molecule has 0 spiro atoms. The summed E-state index contributed by atoms with van der Waals surface area (Å²) in [6, 6.07) is 0. The third kappa shape index (κ3) is 4.92. The van der Waals surface area contributed by atoms with E-state index in [4.69, 9.17) is 10.5 Å². The van der Waals surface area contributed by atoms with Gasteiger partial charge in [0, 0.05) is 20.2 Å². The molecule has 0 aliphatic carbocycles. The molecule has 4 N–H and O–H groups in total. The molecular weight excluding hydrogens is 208 g/mol. The fraction of sp³-hybridized carbons (Fsp3) is 0.909. The molecule has 0 aromatic carbocycles. The SMILES string of the molecule is CCC(CC)C(O)CNC(=O)C(CN)OC. The van der Waals surface area contributed by atoms with Crippen LogP contribution in [0.4, 0.5) is 0 Å². The van der Waals surface area contributed by atoms with Gasteiger partial charge in [-0.25, -0.2) is 0 Å². The van der Waals surface area contributed by atoms with Crippen LogP contribution in [0.25, 0.3) is 0 Å². The lowest BCUT2D eigenvalue weighted by Crippen LogP contribution is -2.44. The van der Waals surface area contributed by atoms with Crippen molar-refractivity contribution in [3.05, 3.63) is 0 Å². The summed E-state index contributed by atoms with van der Waals surface area (Å²) in [6.07, 6.45) is 0.666. The summed E-state index contributed by atoms with van der Waals surface area (Å²) in [4.78, 5) is 11.5. The molecule has 0 radical (unpaired) electrons. The van der Waals surface area contributed by atoms with E-state index in [1.54, 1.807) is 0 Å². The van der Waals surface area contributed by atoms with E-state index >= 15 is 0 Å². The van der Waals surface area contributed by atoms with Crippen molar-refractivity contribution >= 4 is 5.91 Å². The molecule has 96 valence electrons. The molecule has 0 aromatic heterocycles. The Bertz CT molecular complexity index is 192. The lowest BCUT2D eigenvalue weighted by molar-refractivity contribution is -0.131. The number of nitrogens with one attached hydrogen (secondary N) is 1. The molecule has 0 aliphatic rings. The van der Waals surface area contributed by atoms with Crippen LogP contribution in [-0.2, 0) is 9.53 Å². The fourth-order valence-corrected chi connectivity index (χ4v) is 1.63. The maximum Gasteiger partial charge on any atom is 0.250 e. The van der Waals surface area contributed by atoms with E-state index < -0.39 is 12.2 Å². The Hall–Kier alpha value is -0.650. The summed E-state index contributed by atoms with van der Waals surface area (Å²) in [5.41, 5.74) is 5.35. The second-order valence-electron chi connectivity index (χ2n) is 3.85. The van der Waals surface area contributed by atoms with E-state index in [0.717, 1.165) is 12.8 Å². The van der Waals surface area contributed by atoms with Gasteiger partial charge < -0.3 is 20.9 Å². The Morgan fingerprint density at radius 1 is 1.44 bits per heavy atom. The quantitative estimate of drug-likeness (QED) is 0.544. The van der Waals surface area contributed by atoms with Crippen LogP contribution in [-0.4, -0.2) is 43.4 Å². The average molecular weight is 232 g/mol. The van der Waals surface area contributed by atoms with Gasteiger partial charge in [0.1, 0.15) is 6.10 Å². The lowest BCUT2D eigenvalue weighted by Gasteiger charge is -2.21. The standard InChI is InChI=1S/C11H24N2O3/c1-4-8(5-2)9(14)7-13-11(15)10(6-12)16-3/h8-10,14H,4-7,12H2,1-3H3,(H,13,15). The molecule has 0 saturated carbocycles. The van der Waals surface area contributed by atoms with Crippen LogP contribution >= 0.6 is 0 Å². The van der Waals surface area contributed by atoms with E-state index in [9.17, 15) is 9.90 Å². The highest BCUT2D eigenvalue weighted by Crippen LogP contribution is 2.12. The monoisotopic (exact) mass is 232 g/mol. The molecule has 5 heteroatoms. The zero-order chi connectivity index (χ0) is 12.6. The summed E-state index contributed by atoms with van der Waals surface area (Å²) in [7, 11) is 1.44. The molecule has 2 atom stereocenters. The molecule has 16 heavy (non-hydrogen) atoms. The Balaban J connectivity index is 3.99. The molecule has 0 aliphatic heterocycles. The predicted molar refractivity (Wildman–Crippen MR) is 62.9 cm³/mol. The van der Waals surface area contributed by atoms with E-state index in [2.05, 4.69) is 5.32 Å². The second-order valence-corrected chi connectivity index (χ2v) is 3.85. The van der Waals surface area contributed by atoms with Crippen molar-refractivity contribution in [3.8, 4) is 0 Å². The lowest BCUT2D eigenvalue weighted by atomic mass is 9.96. The first kappa shape index (κ1) is 15.3. The minimum Gasteiger partial charge on any atom is -0.391 e. The minimum atomic E-state index is -0.631.